The molecule has 1 atom stereocenters. The van der Waals surface area contributed by atoms with Crippen molar-refractivity contribution in [2.75, 3.05) is 11.9 Å². The van der Waals surface area contributed by atoms with Crippen LogP contribution in [-0.4, -0.2) is 17.9 Å². The van der Waals surface area contributed by atoms with E-state index in [1.165, 1.54) is 5.56 Å². The molecule has 0 fully saturated rings. The van der Waals surface area contributed by atoms with Gasteiger partial charge in [0.05, 0.1) is 10.9 Å². The fraction of sp³-hybridized carbons (Fsp3) is 0.385. The molecule has 1 aromatic carbocycles. The van der Waals surface area contributed by atoms with Crippen LogP contribution < -0.4 is 10.6 Å². The van der Waals surface area contributed by atoms with Crippen LogP contribution in [0.3, 0.4) is 0 Å². The highest BCUT2D eigenvalue weighted by Crippen LogP contribution is 2.16. The minimum atomic E-state index is -0.430. The van der Waals surface area contributed by atoms with Crippen LogP contribution in [0, 0.1) is 5.92 Å². The quantitative estimate of drug-likeness (QED) is 0.833. The van der Waals surface area contributed by atoms with Gasteiger partial charge in [-0.1, -0.05) is 31.3 Å². The van der Waals surface area contributed by atoms with Gasteiger partial charge in [0.25, 0.3) is 0 Å². The molecule has 1 aromatic rings. The van der Waals surface area contributed by atoms with E-state index in [9.17, 15) is 4.79 Å². The van der Waals surface area contributed by atoms with Gasteiger partial charge in [0.2, 0.25) is 5.91 Å². The molecule has 0 aliphatic carbocycles. The minimum absolute atomic E-state index is 0.0817. The summed E-state index contributed by atoms with van der Waals surface area (Å²) in [6.07, 6.45) is 0.987. The van der Waals surface area contributed by atoms with Crippen molar-refractivity contribution in [2.45, 2.75) is 20.3 Å². The predicted molar refractivity (Wildman–Crippen MR) is 75.2 cm³/mol. The number of thiocarbonyl (C=S) groups is 1. The first-order chi connectivity index (χ1) is 7.97. The molecular weight excluding hydrogens is 232 g/mol. The Bertz CT molecular complexity index is 414. The van der Waals surface area contributed by atoms with Crippen molar-refractivity contribution in [2.24, 2.45) is 11.7 Å². The van der Waals surface area contributed by atoms with Crippen LogP contribution in [0.4, 0.5) is 5.69 Å². The van der Waals surface area contributed by atoms with Crippen LogP contribution in [0.2, 0.25) is 0 Å². The number of anilines is 1. The molecule has 0 saturated carbocycles. The van der Waals surface area contributed by atoms with E-state index in [2.05, 4.69) is 6.92 Å². The number of amides is 1. The van der Waals surface area contributed by atoms with Gasteiger partial charge in [0.15, 0.2) is 0 Å². The standard InChI is InChI=1S/C13H18N2OS/c1-4-10-5-7-11(8-6-10)15(3)13(16)9(2)12(14)17/h5-9H,4H2,1-3H3,(H2,14,17). The number of hydrogen-bond donors (Lipinski definition) is 1. The number of benzene rings is 1. The average Bonchev–Trinajstić information content (AvgIpc) is 2.36. The number of carbonyl (C=O) groups excluding carboxylic acids is 1. The molecule has 0 aromatic heterocycles. The molecule has 1 rings (SSSR count). The van der Waals surface area contributed by atoms with Gasteiger partial charge >= 0.3 is 0 Å². The van der Waals surface area contributed by atoms with Crippen molar-refractivity contribution in [3.63, 3.8) is 0 Å². The average molecular weight is 250 g/mol. The summed E-state index contributed by atoms with van der Waals surface area (Å²) in [5.41, 5.74) is 7.59. The van der Waals surface area contributed by atoms with Gasteiger partial charge in [-0.25, -0.2) is 0 Å². The third-order valence-corrected chi connectivity index (χ3v) is 3.21. The minimum Gasteiger partial charge on any atom is -0.393 e. The SMILES string of the molecule is CCc1ccc(N(C)C(=O)C(C)C(N)=S)cc1. The summed E-state index contributed by atoms with van der Waals surface area (Å²) >= 11 is 4.83. The molecule has 1 unspecified atom stereocenters. The Balaban J connectivity index is 2.84. The molecule has 0 aliphatic heterocycles. The Morgan fingerprint density at radius 1 is 1.41 bits per heavy atom. The van der Waals surface area contributed by atoms with Crippen molar-refractivity contribution in [1.29, 1.82) is 0 Å². The lowest BCUT2D eigenvalue weighted by Gasteiger charge is -2.21. The molecule has 4 heteroatoms. The molecule has 0 aliphatic rings. The van der Waals surface area contributed by atoms with E-state index < -0.39 is 5.92 Å². The number of aryl methyl sites for hydroxylation is 1. The van der Waals surface area contributed by atoms with E-state index in [0.717, 1.165) is 12.1 Å². The van der Waals surface area contributed by atoms with Gasteiger partial charge in [-0.3, -0.25) is 4.79 Å². The van der Waals surface area contributed by atoms with Crippen LogP contribution >= 0.6 is 12.2 Å². The first-order valence-corrected chi connectivity index (χ1v) is 6.04. The number of nitrogens with zero attached hydrogens (tertiary/aromatic N) is 1. The van der Waals surface area contributed by atoms with Crippen LogP contribution in [0.15, 0.2) is 24.3 Å². The second kappa shape index (κ2) is 5.77. The Labute approximate surface area is 108 Å². The van der Waals surface area contributed by atoms with E-state index in [0.29, 0.717) is 0 Å². The molecule has 92 valence electrons. The molecule has 2 N–H and O–H groups in total. The molecular formula is C13H18N2OS. The predicted octanol–water partition coefficient (Wildman–Crippen LogP) is 2.13. The van der Waals surface area contributed by atoms with Gasteiger partial charge in [-0.05, 0) is 31.0 Å². The Kier molecular flexibility index (Phi) is 4.63. The second-order valence-corrected chi connectivity index (χ2v) is 4.51. The normalized spacial score (nSPS) is 11.9. The summed E-state index contributed by atoms with van der Waals surface area (Å²) in [5.74, 6) is -0.511. The summed E-state index contributed by atoms with van der Waals surface area (Å²) in [4.78, 5) is 13.8. The molecule has 0 radical (unpaired) electrons. The molecule has 17 heavy (non-hydrogen) atoms. The maximum Gasteiger partial charge on any atom is 0.236 e. The van der Waals surface area contributed by atoms with Crippen molar-refractivity contribution in [1.82, 2.24) is 0 Å². The first kappa shape index (κ1) is 13.6. The number of rotatable bonds is 4. The number of carbonyl (C=O) groups is 1. The van der Waals surface area contributed by atoms with Gasteiger partial charge < -0.3 is 10.6 Å². The van der Waals surface area contributed by atoms with Crippen LogP contribution in [0.5, 0.6) is 0 Å². The third-order valence-electron chi connectivity index (χ3n) is 2.86. The number of hydrogen-bond acceptors (Lipinski definition) is 2. The largest absolute Gasteiger partial charge is 0.393 e. The maximum absolute atomic E-state index is 12.0. The smallest absolute Gasteiger partial charge is 0.236 e. The summed E-state index contributed by atoms with van der Waals surface area (Å²) < 4.78 is 0. The van der Waals surface area contributed by atoms with E-state index in [-0.39, 0.29) is 10.9 Å². The van der Waals surface area contributed by atoms with E-state index in [1.807, 2.05) is 24.3 Å². The van der Waals surface area contributed by atoms with E-state index in [4.69, 9.17) is 18.0 Å². The summed E-state index contributed by atoms with van der Waals surface area (Å²) in [7, 11) is 1.73. The monoisotopic (exact) mass is 250 g/mol. The van der Waals surface area contributed by atoms with Crippen molar-refractivity contribution >= 4 is 28.8 Å². The van der Waals surface area contributed by atoms with Crippen molar-refractivity contribution < 1.29 is 4.79 Å². The first-order valence-electron chi connectivity index (χ1n) is 5.63. The van der Waals surface area contributed by atoms with Crippen LogP contribution in [0.1, 0.15) is 19.4 Å². The molecule has 1 amide bonds. The fourth-order valence-electron chi connectivity index (χ4n) is 1.49. The zero-order chi connectivity index (χ0) is 13.0. The van der Waals surface area contributed by atoms with E-state index >= 15 is 0 Å². The third kappa shape index (κ3) is 3.27. The highest BCUT2D eigenvalue weighted by Gasteiger charge is 2.20. The maximum atomic E-state index is 12.0. The number of nitrogens with two attached hydrogens (primary N) is 1. The second-order valence-electron chi connectivity index (χ2n) is 4.04. The van der Waals surface area contributed by atoms with Crippen LogP contribution in [0.25, 0.3) is 0 Å². The highest BCUT2D eigenvalue weighted by atomic mass is 32.1. The molecule has 0 bridgehead atoms. The lowest BCUT2D eigenvalue weighted by Crippen LogP contribution is -2.37. The van der Waals surface area contributed by atoms with Gasteiger partial charge in [-0.15, -0.1) is 0 Å². The Hall–Kier alpha value is -1.42. The Morgan fingerprint density at radius 3 is 2.35 bits per heavy atom. The molecule has 0 saturated heterocycles. The van der Waals surface area contributed by atoms with Gasteiger partial charge in [0, 0.05) is 12.7 Å². The lowest BCUT2D eigenvalue weighted by atomic mass is 10.1. The highest BCUT2D eigenvalue weighted by molar-refractivity contribution is 7.80. The zero-order valence-electron chi connectivity index (χ0n) is 10.4. The molecule has 3 nitrogen and oxygen atoms in total. The Morgan fingerprint density at radius 2 is 1.94 bits per heavy atom. The summed E-state index contributed by atoms with van der Waals surface area (Å²) in [6.45, 7) is 3.82. The fourth-order valence-corrected chi connectivity index (χ4v) is 1.60. The van der Waals surface area contributed by atoms with Gasteiger partial charge in [-0.2, -0.15) is 0 Å². The van der Waals surface area contributed by atoms with Gasteiger partial charge in [0.1, 0.15) is 0 Å². The summed E-state index contributed by atoms with van der Waals surface area (Å²) in [6, 6.07) is 7.90. The molecule has 0 heterocycles. The van der Waals surface area contributed by atoms with Crippen LogP contribution in [-0.2, 0) is 11.2 Å². The molecule has 0 spiro atoms. The zero-order valence-corrected chi connectivity index (χ0v) is 11.3. The van der Waals surface area contributed by atoms with Crippen molar-refractivity contribution in [3.8, 4) is 0 Å². The van der Waals surface area contributed by atoms with E-state index in [1.54, 1.807) is 18.9 Å². The summed E-state index contributed by atoms with van der Waals surface area (Å²) in [5, 5.41) is 0. The topological polar surface area (TPSA) is 46.3 Å². The lowest BCUT2D eigenvalue weighted by molar-refractivity contribution is -0.119. The van der Waals surface area contributed by atoms with Crippen molar-refractivity contribution in [3.05, 3.63) is 29.8 Å².